The Labute approximate surface area is 177 Å². The second kappa shape index (κ2) is 15.5. The van der Waals surface area contributed by atoms with Crippen molar-refractivity contribution in [3.8, 4) is 5.75 Å². The third kappa shape index (κ3) is 13.7. The highest BCUT2D eigenvalue weighted by Gasteiger charge is 2.04. The van der Waals surface area contributed by atoms with Crippen molar-refractivity contribution < 1.29 is 33.3 Å². The quantitative estimate of drug-likeness (QED) is 0.247. The number of carbonyl (C=O) groups is 3. The van der Waals surface area contributed by atoms with Crippen molar-refractivity contribution in [1.82, 2.24) is 4.90 Å². The molecule has 0 fully saturated rings. The van der Waals surface area contributed by atoms with Crippen LogP contribution in [0.4, 0.5) is 0 Å². The summed E-state index contributed by atoms with van der Waals surface area (Å²) in [5, 5.41) is 0. The van der Waals surface area contributed by atoms with Gasteiger partial charge in [0.05, 0.1) is 13.4 Å². The van der Waals surface area contributed by atoms with Gasteiger partial charge in [-0.3, -0.25) is 0 Å². The fourth-order valence-electron chi connectivity index (χ4n) is 1.63. The van der Waals surface area contributed by atoms with E-state index in [9.17, 15) is 14.4 Å². The summed E-state index contributed by atoms with van der Waals surface area (Å²) in [6, 6.07) is 7.11. The molecule has 0 aliphatic heterocycles. The van der Waals surface area contributed by atoms with Crippen molar-refractivity contribution in [2.24, 2.45) is 0 Å². The number of hydrogen-bond donors (Lipinski definition) is 0. The smallest absolute Gasteiger partial charge is 0.349 e. The van der Waals surface area contributed by atoms with Gasteiger partial charge in [-0.05, 0) is 44.8 Å². The number of methoxy groups -OCH3 is 1. The zero-order chi connectivity index (χ0) is 22.9. The number of esters is 3. The minimum Gasteiger partial charge on any atom is -0.497 e. The van der Waals surface area contributed by atoms with E-state index in [1.807, 2.05) is 19.0 Å². The maximum Gasteiger partial charge on any atom is 0.349 e. The monoisotopic (exact) mass is 419 g/mol. The van der Waals surface area contributed by atoms with E-state index in [2.05, 4.69) is 22.6 Å². The van der Waals surface area contributed by atoms with Crippen LogP contribution in [0.5, 0.6) is 5.75 Å². The van der Waals surface area contributed by atoms with Crippen LogP contribution in [0.2, 0.25) is 0 Å². The van der Waals surface area contributed by atoms with E-state index in [0.717, 1.165) is 24.1 Å². The van der Waals surface area contributed by atoms with E-state index >= 15 is 0 Å². The Morgan fingerprint density at radius 2 is 1.73 bits per heavy atom. The molecule has 1 rings (SSSR count). The first kappa shape index (κ1) is 26.6. The SMILES string of the molecule is C=C(C)C(=O)OCCN(C)C.C=COC(=O)COC(=O)C=Cc1ccc(OC)cc1. The maximum atomic E-state index is 11.3. The molecule has 0 heterocycles. The first-order valence-corrected chi connectivity index (χ1v) is 8.96. The molecule has 0 spiro atoms. The fourth-order valence-corrected chi connectivity index (χ4v) is 1.63. The first-order chi connectivity index (χ1) is 14.2. The Morgan fingerprint density at radius 3 is 2.23 bits per heavy atom. The van der Waals surface area contributed by atoms with Crippen LogP contribution >= 0.6 is 0 Å². The Balaban J connectivity index is 0.000000654. The van der Waals surface area contributed by atoms with Crippen molar-refractivity contribution >= 4 is 24.0 Å². The molecular weight excluding hydrogens is 390 g/mol. The topological polar surface area (TPSA) is 91.4 Å². The molecule has 0 saturated carbocycles. The number of rotatable bonds is 10. The van der Waals surface area contributed by atoms with Gasteiger partial charge in [0.25, 0.3) is 0 Å². The zero-order valence-corrected chi connectivity index (χ0v) is 17.9. The van der Waals surface area contributed by atoms with Crippen molar-refractivity contribution in [3.63, 3.8) is 0 Å². The van der Waals surface area contributed by atoms with Gasteiger partial charge in [0.1, 0.15) is 12.4 Å². The Kier molecular flexibility index (Phi) is 13.8. The number of nitrogens with zero attached hydrogens (tertiary/aromatic N) is 1. The van der Waals surface area contributed by atoms with Gasteiger partial charge in [0.2, 0.25) is 0 Å². The van der Waals surface area contributed by atoms with E-state index in [1.165, 1.54) is 6.08 Å². The Hall–Kier alpha value is -3.39. The summed E-state index contributed by atoms with van der Waals surface area (Å²) < 4.78 is 18.9. The molecule has 8 heteroatoms. The van der Waals surface area contributed by atoms with Gasteiger partial charge in [0, 0.05) is 18.2 Å². The average Bonchev–Trinajstić information content (AvgIpc) is 2.71. The molecule has 0 N–H and O–H groups in total. The lowest BCUT2D eigenvalue weighted by molar-refractivity contribution is -0.152. The second-order valence-electron chi connectivity index (χ2n) is 6.09. The minimum atomic E-state index is -0.679. The molecule has 1 aromatic carbocycles. The van der Waals surface area contributed by atoms with E-state index in [-0.39, 0.29) is 5.97 Å². The lowest BCUT2D eigenvalue weighted by Crippen LogP contribution is -2.20. The van der Waals surface area contributed by atoms with Crippen molar-refractivity contribution in [2.45, 2.75) is 6.92 Å². The first-order valence-electron chi connectivity index (χ1n) is 8.96. The number of hydrogen-bond acceptors (Lipinski definition) is 8. The molecule has 0 bridgehead atoms. The van der Waals surface area contributed by atoms with Crippen LogP contribution in [-0.4, -0.2) is 63.8 Å². The average molecular weight is 419 g/mol. The lowest BCUT2D eigenvalue weighted by atomic mass is 10.2. The molecule has 0 aliphatic rings. The van der Waals surface area contributed by atoms with Gasteiger partial charge in [-0.2, -0.15) is 0 Å². The van der Waals surface area contributed by atoms with Crippen molar-refractivity contribution in [2.75, 3.05) is 41.0 Å². The minimum absolute atomic E-state index is 0.313. The highest BCUT2D eigenvalue weighted by molar-refractivity contribution is 5.88. The Morgan fingerprint density at radius 1 is 1.10 bits per heavy atom. The summed E-state index contributed by atoms with van der Waals surface area (Å²) >= 11 is 0. The van der Waals surface area contributed by atoms with Crippen LogP contribution in [0, 0.1) is 0 Å². The maximum absolute atomic E-state index is 11.3. The summed E-state index contributed by atoms with van der Waals surface area (Å²) in [6.07, 6.45) is 3.77. The summed E-state index contributed by atoms with van der Waals surface area (Å²) in [6.45, 7) is 9.04. The summed E-state index contributed by atoms with van der Waals surface area (Å²) in [5.74, 6) is -0.892. The van der Waals surface area contributed by atoms with Gasteiger partial charge >= 0.3 is 17.9 Å². The fraction of sp³-hybridized carbons (Fsp3) is 0.318. The molecule has 0 radical (unpaired) electrons. The van der Waals surface area contributed by atoms with Crippen LogP contribution in [0.1, 0.15) is 12.5 Å². The molecule has 8 nitrogen and oxygen atoms in total. The second-order valence-corrected chi connectivity index (χ2v) is 6.09. The molecule has 0 amide bonds. The third-order valence-electron chi connectivity index (χ3n) is 3.19. The number of likely N-dealkylation sites (N-methyl/N-ethyl adjacent to an activating group) is 1. The molecule has 1 aromatic rings. The largest absolute Gasteiger partial charge is 0.497 e. The van der Waals surface area contributed by atoms with Gasteiger partial charge in [-0.1, -0.05) is 25.3 Å². The van der Waals surface area contributed by atoms with Crippen LogP contribution in [0.15, 0.2) is 55.3 Å². The number of ether oxygens (including phenoxy) is 4. The molecule has 164 valence electrons. The Bertz CT molecular complexity index is 736. The standard InChI is InChI=1S/C14H14O5.C8H15NO2/c1-3-18-14(16)10-19-13(15)9-6-11-4-7-12(17-2)8-5-11;1-7(2)8(10)11-6-5-9(3)4/h3-9H,1,10H2,2H3;1,5-6H2,2-4H3. The van der Waals surface area contributed by atoms with Gasteiger partial charge < -0.3 is 23.8 Å². The highest BCUT2D eigenvalue weighted by Crippen LogP contribution is 2.12. The number of benzene rings is 1. The van der Waals surface area contributed by atoms with Crippen molar-refractivity contribution in [3.05, 3.63) is 60.9 Å². The van der Waals surface area contributed by atoms with Crippen molar-refractivity contribution in [1.29, 1.82) is 0 Å². The van der Waals surface area contributed by atoms with Gasteiger partial charge in [0.15, 0.2) is 6.61 Å². The molecule has 0 unspecified atom stereocenters. The van der Waals surface area contributed by atoms with Crippen LogP contribution in [-0.2, 0) is 28.6 Å². The third-order valence-corrected chi connectivity index (χ3v) is 3.19. The summed E-state index contributed by atoms with van der Waals surface area (Å²) in [5.41, 5.74) is 1.26. The predicted octanol–water partition coefficient (Wildman–Crippen LogP) is 2.61. The highest BCUT2D eigenvalue weighted by atomic mass is 16.6. The van der Waals surface area contributed by atoms with Gasteiger partial charge in [-0.15, -0.1) is 0 Å². The van der Waals surface area contributed by atoms with E-state index in [4.69, 9.17) is 9.47 Å². The zero-order valence-electron chi connectivity index (χ0n) is 17.9. The predicted molar refractivity (Wildman–Crippen MR) is 114 cm³/mol. The molecule has 0 aliphatic carbocycles. The van der Waals surface area contributed by atoms with Crippen LogP contribution < -0.4 is 4.74 Å². The lowest BCUT2D eigenvalue weighted by Gasteiger charge is -2.09. The molecule has 0 saturated heterocycles. The molecule has 0 atom stereocenters. The van der Waals surface area contributed by atoms with E-state index in [0.29, 0.717) is 12.2 Å². The van der Waals surface area contributed by atoms with Crippen LogP contribution in [0.25, 0.3) is 6.08 Å². The van der Waals surface area contributed by atoms with Crippen LogP contribution in [0.3, 0.4) is 0 Å². The molecule has 0 aromatic heterocycles. The van der Waals surface area contributed by atoms with E-state index < -0.39 is 18.5 Å². The normalized spacial score (nSPS) is 9.90. The molecular formula is C22H29NO7. The molecule has 30 heavy (non-hydrogen) atoms. The summed E-state index contributed by atoms with van der Waals surface area (Å²) in [4.78, 5) is 34.9. The van der Waals surface area contributed by atoms with E-state index in [1.54, 1.807) is 44.4 Å². The summed E-state index contributed by atoms with van der Waals surface area (Å²) in [7, 11) is 5.42. The van der Waals surface area contributed by atoms with Gasteiger partial charge in [-0.25, -0.2) is 14.4 Å². The number of carbonyl (C=O) groups excluding carboxylic acids is 3.